The third-order valence-corrected chi connectivity index (χ3v) is 3.31. The number of likely N-dealkylation sites (N-methyl/N-ethyl adjacent to an activating group) is 1. The number of rotatable bonds is 6. The van der Waals surface area contributed by atoms with Crippen molar-refractivity contribution in [2.45, 2.75) is 25.9 Å². The number of hydrogen-bond acceptors (Lipinski definition) is 4. The number of nitrogens with zero attached hydrogens (tertiary/aromatic N) is 3. The van der Waals surface area contributed by atoms with Crippen molar-refractivity contribution in [1.29, 1.82) is 0 Å². The average Bonchev–Trinajstić information content (AvgIpc) is 2.91. The van der Waals surface area contributed by atoms with Gasteiger partial charge in [0.15, 0.2) is 11.6 Å². The average molecular weight is 278 g/mol. The molecule has 0 radical (unpaired) electrons. The van der Waals surface area contributed by atoms with Gasteiger partial charge < -0.3 is 10.1 Å². The van der Waals surface area contributed by atoms with Crippen molar-refractivity contribution in [3.05, 3.63) is 41.7 Å². The van der Waals surface area contributed by atoms with E-state index >= 15 is 0 Å². The summed E-state index contributed by atoms with van der Waals surface area (Å²) in [6, 6.07) is 4.96. The van der Waals surface area contributed by atoms with Crippen LogP contribution >= 0.6 is 0 Å². The number of ether oxygens (including phenoxy) is 1. The zero-order chi connectivity index (χ0) is 14.5. The number of aromatic nitrogens is 3. The molecule has 0 aliphatic carbocycles. The Balaban J connectivity index is 2.22. The van der Waals surface area contributed by atoms with Gasteiger partial charge in [0.05, 0.1) is 7.11 Å². The van der Waals surface area contributed by atoms with Crippen molar-refractivity contribution in [2.24, 2.45) is 0 Å². The third-order valence-electron chi connectivity index (χ3n) is 3.31. The van der Waals surface area contributed by atoms with Crippen LogP contribution in [0.3, 0.4) is 0 Å². The van der Waals surface area contributed by atoms with Gasteiger partial charge in [0.2, 0.25) is 0 Å². The first-order valence-corrected chi connectivity index (χ1v) is 6.57. The second-order valence-electron chi connectivity index (χ2n) is 4.43. The SMILES string of the molecule is CCn1ncnc1CC(NC)c1ccc(OC)c(F)c1. The monoisotopic (exact) mass is 278 g/mol. The van der Waals surface area contributed by atoms with Crippen LogP contribution in [0, 0.1) is 5.82 Å². The number of aryl methyl sites for hydroxylation is 1. The minimum atomic E-state index is -0.359. The van der Waals surface area contributed by atoms with Crippen LogP contribution in [0.25, 0.3) is 0 Å². The Morgan fingerprint density at radius 1 is 1.45 bits per heavy atom. The van der Waals surface area contributed by atoms with E-state index in [1.165, 1.54) is 13.2 Å². The van der Waals surface area contributed by atoms with Gasteiger partial charge in [0.1, 0.15) is 12.2 Å². The van der Waals surface area contributed by atoms with Crippen molar-refractivity contribution >= 4 is 0 Å². The molecular formula is C14H19FN4O. The molecule has 20 heavy (non-hydrogen) atoms. The van der Waals surface area contributed by atoms with Crippen LogP contribution in [0.15, 0.2) is 24.5 Å². The first-order valence-electron chi connectivity index (χ1n) is 6.57. The Morgan fingerprint density at radius 3 is 2.85 bits per heavy atom. The smallest absolute Gasteiger partial charge is 0.165 e. The molecule has 6 heteroatoms. The molecule has 1 atom stereocenters. The maximum absolute atomic E-state index is 13.8. The molecule has 2 rings (SSSR count). The molecule has 0 amide bonds. The molecule has 5 nitrogen and oxygen atoms in total. The maximum atomic E-state index is 13.8. The van der Waals surface area contributed by atoms with Crippen molar-refractivity contribution < 1.29 is 9.13 Å². The molecule has 0 bridgehead atoms. The number of hydrogen-bond donors (Lipinski definition) is 1. The second-order valence-corrected chi connectivity index (χ2v) is 4.43. The van der Waals surface area contributed by atoms with Crippen molar-refractivity contribution in [1.82, 2.24) is 20.1 Å². The predicted molar refractivity (Wildman–Crippen MR) is 74.2 cm³/mol. The molecule has 0 aliphatic heterocycles. The lowest BCUT2D eigenvalue weighted by molar-refractivity contribution is 0.385. The summed E-state index contributed by atoms with van der Waals surface area (Å²) in [5.41, 5.74) is 0.858. The minimum Gasteiger partial charge on any atom is -0.494 e. The van der Waals surface area contributed by atoms with E-state index < -0.39 is 0 Å². The lowest BCUT2D eigenvalue weighted by atomic mass is 10.0. The fourth-order valence-corrected chi connectivity index (χ4v) is 2.18. The molecular weight excluding hydrogens is 259 g/mol. The number of nitrogens with one attached hydrogen (secondary N) is 1. The normalized spacial score (nSPS) is 12.4. The van der Waals surface area contributed by atoms with E-state index in [0.29, 0.717) is 6.42 Å². The fraction of sp³-hybridized carbons (Fsp3) is 0.429. The van der Waals surface area contributed by atoms with Crippen LogP contribution in [0.4, 0.5) is 4.39 Å². The van der Waals surface area contributed by atoms with E-state index in [4.69, 9.17) is 4.74 Å². The second kappa shape index (κ2) is 6.47. The Kier molecular flexibility index (Phi) is 4.68. The van der Waals surface area contributed by atoms with Gasteiger partial charge in [0, 0.05) is 19.0 Å². The van der Waals surface area contributed by atoms with Gasteiger partial charge in [-0.2, -0.15) is 5.10 Å². The quantitative estimate of drug-likeness (QED) is 0.877. The molecule has 1 aromatic carbocycles. The van der Waals surface area contributed by atoms with Gasteiger partial charge in [0.25, 0.3) is 0 Å². The lowest BCUT2D eigenvalue weighted by Crippen LogP contribution is -2.21. The summed E-state index contributed by atoms with van der Waals surface area (Å²) >= 11 is 0. The van der Waals surface area contributed by atoms with Gasteiger partial charge in [-0.05, 0) is 31.7 Å². The molecule has 0 saturated heterocycles. The van der Waals surface area contributed by atoms with Gasteiger partial charge in [-0.3, -0.25) is 4.68 Å². The first-order chi connectivity index (χ1) is 9.69. The van der Waals surface area contributed by atoms with Gasteiger partial charge in [-0.1, -0.05) is 6.07 Å². The van der Waals surface area contributed by atoms with E-state index in [9.17, 15) is 4.39 Å². The van der Waals surface area contributed by atoms with Crippen LogP contribution in [0.1, 0.15) is 24.4 Å². The molecule has 0 fully saturated rings. The molecule has 1 unspecified atom stereocenters. The van der Waals surface area contributed by atoms with E-state index in [0.717, 1.165) is 17.9 Å². The van der Waals surface area contributed by atoms with Crippen LogP contribution in [-0.2, 0) is 13.0 Å². The van der Waals surface area contributed by atoms with Gasteiger partial charge in [-0.25, -0.2) is 9.37 Å². The van der Waals surface area contributed by atoms with E-state index in [1.54, 1.807) is 12.4 Å². The lowest BCUT2D eigenvalue weighted by Gasteiger charge is -2.17. The summed E-state index contributed by atoms with van der Waals surface area (Å²) in [6.45, 7) is 2.78. The molecule has 0 aliphatic rings. The van der Waals surface area contributed by atoms with Crippen molar-refractivity contribution in [2.75, 3.05) is 14.2 Å². The summed E-state index contributed by atoms with van der Waals surface area (Å²) < 4.78 is 20.6. The largest absolute Gasteiger partial charge is 0.494 e. The van der Waals surface area contributed by atoms with Crippen LogP contribution < -0.4 is 10.1 Å². The summed E-state index contributed by atoms with van der Waals surface area (Å²) in [7, 11) is 3.30. The van der Waals surface area contributed by atoms with E-state index in [-0.39, 0.29) is 17.6 Å². The topological polar surface area (TPSA) is 52.0 Å². The maximum Gasteiger partial charge on any atom is 0.165 e. The summed E-state index contributed by atoms with van der Waals surface area (Å²) in [5.74, 6) is 0.769. The standard InChI is InChI=1S/C14H19FN4O/c1-4-19-14(17-9-18-19)8-12(16-2)10-5-6-13(20-3)11(15)7-10/h5-7,9,12,16H,4,8H2,1-3H3. The van der Waals surface area contributed by atoms with E-state index in [2.05, 4.69) is 15.4 Å². The summed E-state index contributed by atoms with van der Waals surface area (Å²) in [5, 5.41) is 7.33. The molecule has 1 N–H and O–H groups in total. The van der Waals surface area contributed by atoms with Crippen LogP contribution in [0.5, 0.6) is 5.75 Å². The molecule has 1 aromatic heterocycles. The Hall–Kier alpha value is -1.95. The molecule has 2 aromatic rings. The summed E-state index contributed by atoms with van der Waals surface area (Å²) in [6.07, 6.45) is 2.19. The highest BCUT2D eigenvalue weighted by molar-refractivity contribution is 5.31. The molecule has 0 saturated carbocycles. The predicted octanol–water partition coefficient (Wildman–Crippen LogP) is 1.95. The summed E-state index contributed by atoms with van der Waals surface area (Å²) in [4.78, 5) is 4.25. The number of benzene rings is 1. The first kappa shape index (κ1) is 14.5. The fourth-order valence-electron chi connectivity index (χ4n) is 2.18. The molecule has 0 spiro atoms. The Bertz CT molecular complexity index is 570. The minimum absolute atomic E-state index is 0.0232. The highest BCUT2D eigenvalue weighted by Crippen LogP contribution is 2.23. The highest BCUT2D eigenvalue weighted by atomic mass is 19.1. The Morgan fingerprint density at radius 2 is 2.25 bits per heavy atom. The highest BCUT2D eigenvalue weighted by Gasteiger charge is 2.15. The van der Waals surface area contributed by atoms with Crippen LogP contribution in [-0.4, -0.2) is 28.9 Å². The third kappa shape index (κ3) is 2.96. The number of halogens is 1. The van der Waals surface area contributed by atoms with E-state index in [1.807, 2.05) is 24.7 Å². The van der Waals surface area contributed by atoms with Gasteiger partial charge in [-0.15, -0.1) is 0 Å². The van der Waals surface area contributed by atoms with Crippen molar-refractivity contribution in [3.8, 4) is 5.75 Å². The zero-order valence-electron chi connectivity index (χ0n) is 11.9. The van der Waals surface area contributed by atoms with Crippen LogP contribution in [0.2, 0.25) is 0 Å². The molecule has 1 heterocycles. The van der Waals surface area contributed by atoms with Crippen molar-refractivity contribution in [3.63, 3.8) is 0 Å². The molecule has 108 valence electrons. The Labute approximate surface area is 117 Å². The zero-order valence-corrected chi connectivity index (χ0v) is 11.9. The number of methoxy groups -OCH3 is 1. The van der Waals surface area contributed by atoms with Gasteiger partial charge >= 0.3 is 0 Å².